The van der Waals surface area contributed by atoms with E-state index in [1.807, 2.05) is 17.0 Å². The fourth-order valence-corrected chi connectivity index (χ4v) is 4.49. The minimum atomic E-state index is -0.107. The van der Waals surface area contributed by atoms with Gasteiger partial charge in [-0.2, -0.15) is 0 Å². The Morgan fingerprint density at radius 3 is 2.45 bits per heavy atom. The third kappa shape index (κ3) is 7.98. The van der Waals surface area contributed by atoms with Gasteiger partial charge in [-0.15, -0.1) is 0 Å². The lowest BCUT2D eigenvalue weighted by Crippen LogP contribution is -2.46. The van der Waals surface area contributed by atoms with Gasteiger partial charge in [-0.3, -0.25) is 4.79 Å². The molecule has 7 nitrogen and oxygen atoms in total. The maximum Gasteiger partial charge on any atom is 0.321 e. The van der Waals surface area contributed by atoms with E-state index in [4.69, 9.17) is 11.6 Å². The summed E-state index contributed by atoms with van der Waals surface area (Å²) < 4.78 is 0. The number of hydrogen-bond acceptors (Lipinski definition) is 4. The summed E-state index contributed by atoms with van der Waals surface area (Å²) in [5.74, 6) is 0.481. The lowest BCUT2D eigenvalue weighted by molar-refractivity contribution is -0.122. The fraction of sp³-hybridized carbons (Fsp3) is 0.652. The van der Waals surface area contributed by atoms with Crippen LogP contribution in [-0.2, 0) is 4.79 Å². The number of benzene rings is 1. The smallest absolute Gasteiger partial charge is 0.321 e. The molecule has 0 aromatic heterocycles. The van der Waals surface area contributed by atoms with Crippen LogP contribution >= 0.6 is 11.6 Å². The molecule has 1 aromatic carbocycles. The van der Waals surface area contributed by atoms with Gasteiger partial charge in [0.15, 0.2) is 0 Å². The zero-order valence-electron chi connectivity index (χ0n) is 18.6. The molecule has 0 atom stereocenters. The van der Waals surface area contributed by atoms with Crippen molar-refractivity contribution in [3.8, 4) is 0 Å². The predicted molar refractivity (Wildman–Crippen MR) is 126 cm³/mol. The molecule has 0 radical (unpaired) electrons. The molecule has 2 saturated heterocycles. The Labute approximate surface area is 191 Å². The van der Waals surface area contributed by atoms with Gasteiger partial charge >= 0.3 is 6.03 Å². The van der Waals surface area contributed by atoms with Crippen molar-refractivity contribution >= 4 is 29.2 Å². The summed E-state index contributed by atoms with van der Waals surface area (Å²) in [4.78, 5) is 31.5. The van der Waals surface area contributed by atoms with E-state index >= 15 is 0 Å². The first-order chi connectivity index (χ1) is 15.0. The number of rotatable bonds is 8. The normalized spacial score (nSPS) is 18.7. The number of likely N-dealkylation sites (N-methyl/N-ethyl adjacent to an activating group) is 1. The molecule has 0 aliphatic carbocycles. The van der Waals surface area contributed by atoms with E-state index in [1.165, 1.54) is 0 Å². The number of hydrogen-bond donors (Lipinski definition) is 2. The van der Waals surface area contributed by atoms with Crippen LogP contribution in [0.2, 0.25) is 5.02 Å². The van der Waals surface area contributed by atoms with Crippen LogP contribution in [0.15, 0.2) is 24.3 Å². The number of anilines is 1. The Morgan fingerprint density at radius 1 is 1.06 bits per heavy atom. The summed E-state index contributed by atoms with van der Waals surface area (Å²) in [5.41, 5.74) is 0.700. The van der Waals surface area contributed by atoms with Gasteiger partial charge in [-0.25, -0.2) is 4.79 Å². The summed E-state index contributed by atoms with van der Waals surface area (Å²) in [6.45, 7) is 11.1. The molecular weight excluding hydrogens is 414 g/mol. The van der Waals surface area contributed by atoms with Crippen molar-refractivity contribution < 1.29 is 9.59 Å². The quantitative estimate of drug-likeness (QED) is 0.598. The summed E-state index contributed by atoms with van der Waals surface area (Å²) in [5, 5.41) is 6.57. The molecule has 2 aliphatic rings. The van der Waals surface area contributed by atoms with E-state index in [0.717, 1.165) is 65.1 Å². The molecule has 31 heavy (non-hydrogen) atoms. The molecule has 2 heterocycles. The maximum absolute atomic E-state index is 12.4. The molecule has 1 aromatic rings. The standard InChI is InChI=1S/C23H36ClN5O2/c1-2-27-13-15-28(16-14-27)10-4-9-25-22(30)17-19-7-11-29(12-8-19)23(31)26-21-6-3-5-20(24)18-21/h3,5-6,18-19H,2,4,7-17H2,1H3,(H,25,30)(H,26,31). The van der Waals surface area contributed by atoms with Crippen molar-refractivity contribution in [2.45, 2.75) is 32.6 Å². The zero-order chi connectivity index (χ0) is 22.1. The molecule has 0 bridgehead atoms. The number of carbonyl (C=O) groups is 2. The highest BCUT2D eigenvalue weighted by atomic mass is 35.5. The predicted octanol–water partition coefficient (Wildman–Crippen LogP) is 3.12. The Morgan fingerprint density at radius 2 is 1.77 bits per heavy atom. The highest BCUT2D eigenvalue weighted by Gasteiger charge is 2.24. The number of piperidine rings is 1. The molecule has 2 aliphatic heterocycles. The molecule has 3 rings (SSSR count). The Hall–Kier alpha value is -1.83. The fourth-order valence-electron chi connectivity index (χ4n) is 4.30. The van der Waals surface area contributed by atoms with Gasteiger partial charge in [0.1, 0.15) is 0 Å². The number of halogens is 1. The number of likely N-dealkylation sites (tertiary alicyclic amines) is 1. The van der Waals surface area contributed by atoms with E-state index in [2.05, 4.69) is 27.4 Å². The minimum absolute atomic E-state index is 0.107. The van der Waals surface area contributed by atoms with Crippen molar-refractivity contribution in [3.05, 3.63) is 29.3 Å². The van der Waals surface area contributed by atoms with Crippen molar-refractivity contribution in [2.24, 2.45) is 5.92 Å². The Bertz CT molecular complexity index is 716. The molecule has 0 unspecified atom stereocenters. The van der Waals surface area contributed by atoms with Crippen molar-refractivity contribution in [1.29, 1.82) is 0 Å². The third-order valence-electron chi connectivity index (χ3n) is 6.34. The van der Waals surface area contributed by atoms with Crippen LogP contribution in [0.5, 0.6) is 0 Å². The van der Waals surface area contributed by atoms with Crippen LogP contribution in [-0.4, -0.2) is 85.5 Å². The molecule has 2 N–H and O–H groups in total. The lowest BCUT2D eigenvalue weighted by atomic mass is 9.93. The lowest BCUT2D eigenvalue weighted by Gasteiger charge is -2.34. The summed E-state index contributed by atoms with van der Waals surface area (Å²) in [6, 6.07) is 7.05. The second-order valence-corrected chi connectivity index (χ2v) is 8.99. The van der Waals surface area contributed by atoms with E-state index in [0.29, 0.717) is 36.1 Å². The van der Waals surface area contributed by atoms with Crippen LogP contribution in [0.1, 0.15) is 32.6 Å². The first-order valence-electron chi connectivity index (χ1n) is 11.6. The van der Waals surface area contributed by atoms with Gasteiger partial charge in [0, 0.05) is 62.9 Å². The average Bonchev–Trinajstić information content (AvgIpc) is 2.77. The number of urea groups is 1. The second-order valence-electron chi connectivity index (χ2n) is 8.55. The van der Waals surface area contributed by atoms with Crippen LogP contribution in [0, 0.1) is 5.92 Å². The van der Waals surface area contributed by atoms with E-state index in [-0.39, 0.29) is 11.9 Å². The van der Waals surface area contributed by atoms with Gasteiger partial charge in [0.25, 0.3) is 0 Å². The first kappa shape index (κ1) is 23.8. The molecule has 172 valence electrons. The summed E-state index contributed by atoms with van der Waals surface area (Å²) >= 11 is 5.97. The van der Waals surface area contributed by atoms with E-state index < -0.39 is 0 Å². The zero-order valence-corrected chi connectivity index (χ0v) is 19.4. The molecule has 3 amide bonds. The number of nitrogens with zero attached hydrogens (tertiary/aromatic N) is 3. The van der Waals surface area contributed by atoms with Gasteiger partial charge in [0.2, 0.25) is 5.91 Å². The number of carbonyl (C=O) groups excluding carboxylic acids is 2. The largest absolute Gasteiger partial charge is 0.356 e. The second kappa shape index (κ2) is 12.3. The van der Waals surface area contributed by atoms with E-state index in [1.54, 1.807) is 12.1 Å². The maximum atomic E-state index is 12.4. The van der Waals surface area contributed by atoms with Crippen molar-refractivity contribution in [3.63, 3.8) is 0 Å². The summed E-state index contributed by atoms with van der Waals surface area (Å²) in [7, 11) is 0. The van der Waals surface area contributed by atoms with Gasteiger partial charge in [-0.1, -0.05) is 24.6 Å². The highest BCUT2D eigenvalue weighted by molar-refractivity contribution is 6.30. The molecular formula is C23H36ClN5O2. The SMILES string of the molecule is CCN1CCN(CCCNC(=O)CC2CCN(C(=O)Nc3cccc(Cl)c3)CC2)CC1. The van der Waals surface area contributed by atoms with Crippen molar-refractivity contribution in [1.82, 2.24) is 20.0 Å². The van der Waals surface area contributed by atoms with Crippen LogP contribution in [0.4, 0.5) is 10.5 Å². The molecule has 0 saturated carbocycles. The van der Waals surface area contributed by atoms with Crippen molar-refractivity contribution in [2.75, 3.05) is 64.2 Å². The Balaban J connectivity index is 1.26. The van der Waals surface area contributed by atoms with Gasteiger partial charge < -0.3 is 25.3 Å². The minimum Gasteiger partial charge on any atom is -0.356 e. The Kier molecular flexibility index (Phi) is 9.43. The third-order valence-corrected chi connectivity index (χ3v) is 6.57. The highest BCUT2D eigenvalue weighted by Crippen LogP contribution is 2.22. The van der Waals surface area contributed by atoms with Crippen LogP contribution in [0.3, 0.4) is 0 Å². The topological polar surface area (TPSA) is 67.9 Å². The number of nitrogens with one attached hydrogen (secondary N) is 2. The number of amides is 3. The first-order valence-corrected chi connectivity index (χ1v) is 11.9. The molecule has 8 heteroatoms. The average molecular weight is 450 g/mol. The van der Waals surface area contributed by atoms with Crippen LogP contribution < -0.4 is 10.6 Å². The molecule has 2 fully saturated rings. The van der Waals surface area contributed by atoms with Crippen LogP contribution in [0.25, 0.3) is 0 Å². The monoisotopic (exact) mass is 449 g/mol. The molecule has 0 spiro atoms. The number of piperazine rings is 1. The summed E-state index contributed by atoms with van der Waals surface area (Å²) in [6.07, 6.45) is 3.27. The van der Waals surface area contributed by atoms with E-state index in [9.17, 15) is 9.59 Å². The van der Waals surface area contributed by atoms with Gasteiger partial charge in [-0.05, 0) is 56.5 Å². The van der Waals surface area contributed by atoms with Gasteiger partial charge in [0.05, 0.1) is 0 Å².